The van der Waals surface area contributed by atoms with E-state index < -0.39 is 24.1 Å². The van der Waals surface area contributed by atoms with E-state index in [0.717, 1.165) is 21.7 Å². The molecule has 2 aromatic rings. The van der Waals surface area contributed by atoms with Crippen LogP contribution in [0.5, 0.6) is 0 Å². The Morgan fingerprint density at radius 3 is 2.00 bits per heavy atom. The van der Waals surface area contributed by atoms with E-state index in [1.807, 2.05) is 36.7 Å². The van der Waals surface area contributed by atoms with Crippen LogP contribution in [0.25, 0.3) is 10.4 Å². The van der Waals surface area contributed by atoms with Crippen molar-refractivity contribution in [3.8, 4) is 10.4 Å². The van der Waals surface area contributed by atoms with Crippen LogP contribution in [0.15, 0.2) is 29.8 Å². The number of aryl methyl sites for hydroxylation is 1. The molecule has 0 spiro atoms. The lowest BCUT2D eigenvalue weighted by molar-refractivity contribution is -0.153. The van der Waals surface area contributed by atoms with Crippen molar-refractivity contribution in [2.24, 2.45) is 0 Å². The molecule has 2 unspecified atom stereocenters. The second-order valence-electron chi connectivity index (χ2n) is 10.5. The van der Waals surface area contributed by atoms with E-state index in [-0.39, 0.29) is 38.6 Å². The smallest absolute Gasteiger partial charge is 0.306 e. The van der Waals surface area contributed by atoms with E-state index in [2.05, 4.69) is 15.6 Å². The molecule has 14 nitrogen and oxygen atoms in total. The zero-order chi connectivity index (χ0) is 33.5. The van der Waals surface area contributed by atoms with Gasteiger partial charge in [0, 0.05) is 19.5 Å². The highest BCUT2D eigenvalue weighted by atomic mass is 32.1. The Labute approximate surface area is 279 Å². The van der Waals surface area contributed by atoms with Crippen LogP contribution in [0.3, 0.4) is 0 Å². The number of aliphatic hydroxyl groups is 1. The molecule has 1 saturated heterocycles. The molecule has 3 rings (SSSR count). The van der Waals surface area contributed by atoms with Gasteiger partial charge in [-0.3, -0.25) is 14.4 Å². The highest BCUT2D eigenvalue weighted by Crippen LogP contribution is 2.27. The van der Waals surface area contributed by atoms with Gasteiger partial charge in [-0.15, -0.1) is 11.3 Å². The average molecular weight is 682 g/mol. The summed E-state index contributed by atoms with van der Waals surface area (Å²) in [5, 5.41) is 14.6. The zero-order valence-corrected chi connectivity index (χ0v) is 27.8. The highest BCUT2D eigenvalue weighted by Gasteiger charge is 2.31. The van der Waals surface area contributed by atoms with E-state index in [4.69, 9.17) is 38.3 Å². The van der Waals surface area contributed by atoms with Crippen molar-refractivity contribution in [2.75, 3.05) is 85.8 Å². The SMILES string of the molecule is Cc1ncsc1-c1ccc(CNC(=O)C2CC(OC(=O)CCC(=O)OCCOCCOCCOCCOCCOCCO)CN2)cc1. The fourth-order valence-corrected chi connectivity index (χ4v) is 5.25. The van der Waals surface area contributed by atoms with E-state index in [1.54, 1.807) is 11.3 Å². The largest absolute Gasteiger partial charge is 0.463 e. The Morgan fingerprint density at radius 1 is 0.851 bits per heavy atom. The molecule has 15 heteroatoms. The van der Waals surface area contributed by atoms with E-state index in [0.29, 0.717) is 79.0 Å². The number of hydrogen-bond donors (Lipinski definition) is 3. The molecule has 2 atom stereocenters. The number of rotatable bonds is 25. The normalized spacial score (nSPS) is 15.9. The molecule has 1 fully saturated rings. The molecule has 1 aliphatic rings. The van der Waals surface area contributed by atoms with Gasteiger partial charge in [0.05, 0.1) is 108 Å². The second kappa shape index (κ2) is 23.3. The van der Waals surface area contributed by atoms with E-state index in [9.17, 15) is 14.4 Å². The Hall–Kier alpha value is -3.02. The van der Waals surface area contributed by atoms with Gasteiger partial charge < -0.3 is 48.9 Å². The van der Waals surface area contributed by atoms with E-state index >= 15 is 0 Å². The van der Waals surface area contributed by atoms with Crippen molar-refractivity contribution in [1.82, 2.24) is 15.6 Å². The molecule has 1 aliphatic heterocycles. The minimum atomic E-state index is -0.516. The van der Waals surface area contributed by atoms with Crippen molar-refractivity contribution in [1.29, 1.82) is 0 Å². The maximum atomic E-state index is 12.6. The number of carbonyl (C=O) groups excluding carboxylic acids is 3. The molecule has 2 heterocycles. The lowest BCUT2D eigenvalue weighted by atomic mass is 10.1. The number of hydrogen-bond acceptors (Lipinski definition) is 14. The van der Waals surface area contributed by atoms with Gasteiger partial charge in [-0.05, 0) is 18.1 Å². The minimum Gasteiger partial charge on any atom is -0.463 e. The fourth-order valence-electron chi connectivity index (χ4n) is 4.44. The first-order valence-electron chi connectivity index (χ1n) is 15.8. The summed E-state index contributed by atoms with van der Waals surface area (Å²) in [5.74, 6) is -1.19. The van der Waals surface area contributed by atoms with Gasteiger partial charge in [-0.2, -0.15) is 0 Å². The number of nitrogens with one attached hydrogen (secondary N) is 2. The number of nitrogens with zero attached hydrogens (tertiary/aromatic N) is 1. The predicted octanol–water partition coefficient (Wildman–Crippen LogP) is 1.41. The predicted molar refractivity (Wildman–Crippen MR) is 172 cm³/mol. The fraction of sp³-hybridized carbons (Fsp3) is 0.625. The Morgan fingerprint density at radius 2 is 1.43 bits per heavy atom. The maximum Gasteiger partial charge on any atom is 0.306 e. The molecule has 1 aromatic carbocycles. The number of aromatic nitrogens is 1. The third-order valence-electron chi connectivity index (χ3n) is 6.88. The summed E-state index contributed by atoms with van der Waals surface area (Å²) in [6.45, 7) is 6.70. The van der Waals surface area contributed by atoms with Crippen molar-refractivity contribution < 1.29 is 52.6 Å². The maximum absolute atomic E-state index is 12.6. The number of carbonyl (C=O) groups is 3. The van der Waals surface area contributed by atoms with Crippen LogP contribution in [0, 0.1) is 6.92 Å². The van der Waals surface area contributed by atoms with Gasteiger partial charge in [0.15, 0.2) is 0 Å². The molecule has 1 aromatic heterocycles. The minimum absolute atomic E-state index is 0.000547. The first kappa shape index (κ1) is 38.4. The van der Waals surface area contributed by atoms with Crippen LogP contribution < -0.4 is 10.6 Å². The standard InChI is InChI=1S/C32H47N3O11S/c1-24-31(47-23-35-24)26-4-2-25(3-5-26)21-34-32(39)28-20-27(22-33-28)46-30(38)7-6-29(37)45-19-18-44-17-16-43-15-14-42-13-12-41-11-10-40-9-8-36/h2-5,23,27-28,33,36H,6-22H2,1H3,(H,34,39). The number of ether oxygens (including phenoxy) is 7. The Bertz CT molecular complexity index is 1180. The topological polar surface area (TPSA) is 173 Å². The summed E-state index contributed by atoms with van der Waals surface area (Å²) in [4.78, 5) is 42.2. The summed E-state index contributed by atoms with van der Waals surface area (Å²) in [6, 6.07) is 7.55. The van der Waals surface area contributed by atoms with Crippen LogP contribution >= 0.6 is 11.3 Å². The highest BCUT2D eigenvalue weighted by molar-refractivity contribution is 7.13. The lowest BCUT2D eigenvalue weighted by Gasteiger charge is -2.13. The summed E-state index contributed by atoms with van der Waals surface area (Å²) in [6.07, 6.45) is -0.291. The Balaban J connectivity index is 1.12. The molecule has 0 radical (unpaired) electrons. The van der Waals surface area contributed by atoms with Gasteiger partial charge in [0.1, 0.15) is 12.7 Å². The first-order valence-corrected chi connectivity index (χ1v) is 16.7. The molecule has 262 valence electrons. The monoisotopic (exact) mass is 681 g/mol. The number of thiazole rings is 1. The number of aliphatic hydroxyl groups excluding tert-OH is 1. The molecule has 0 saturated carbocycles. The summed E-state index contributed by atoms with van der Waals surface area (Å²) >= 11 is 1.60. The molecule has 0 bridgehead atoms. The van der Waals surface area contributed by atoms with E-state index in [1.165, 1.54) is 0 Å². The van der Waals surface area contributed by atoms with Crippen LogP contribution in [0.2, 0.25) is 0 Å². The second-order valence-corrected chi connectivity index (χ2v) is 11.4. The first-order chi connectivity index (χ1) is 23.0. The molecular formula is C32H47N3O11S. The van der Waals surface area contributed by atoms with Crippen LogP contribution in [-0.2, 0) is 54.1 Å². The number of esters is 2. The van der Waals surface area contributed by atoms with Crippen molar-refractivity contribution in [2.45, 2.75) is 44.9 Å². The molecule has 0 aliphatic carbocycles. The van der Waals surface area contributed by atoms with Gasteiger partial charge in [0.25, 0.3) is 0 Å². The summed E-state index contributed by atoms with van der Waals surface area (Å²) < 4.78 is 37.1. The number of amides is 1. The summed E-state index contributed by atoms with van der Waals surface area (Å²) in [5.41, 5.74) is 4.90. The van der Waals surface area contributed by atoms with Gasteiger partial charge in [-0.25, -0.2) is 4.98 Å². The van der Waals surface area contributed by atoms with Crippen molar-refractivity contribution in [3.63, 3.8) is 0 Å². The zero-order valence-electron chi connectivity index (χ0n) is 26.9. The number of benzene rings is 1. The third-order valence-corrected chi connectivity index (χ3v) is 7.86. The average Bonchev–Trinajstić information content (AvgIpc) is 3.73. The van der Waals surface area contributed by atoms with Crippen LogP contribution in [-0.4, -0.2) is 126 Å². The Kier molecular flexibility index (Phi) is 19.1. The quantitative estimate of drug-likeness (QED) is 0.102. The van der Waals surface area contributed by atoms with Crippen molar-refractivity contribution in [3.05, 3.63) is 41.0 Å². The lowest BCUT2D eigenvalue weighted by Crippen LogP contribution is -2.39. The van der Waals surface area contributed by atoms with Crippen LogP contribution in [0.1, 0.15) is 30.5 Å². The summed E-state index contributed by atoms with van der Waals surface area (Å²) in [7, 11) is 0. The van der Waals surface area contributed by atoms with Crippen LogP contribution in [0.4, 0.5) is 0 Å². The van der Waals surface area contributed by atoms with Gasteiger partial charge >= 0.3 is 11.9 Å². The molecule has 3 N–H and O–H groups in total. The van der Waals surface area contributed by atoms with Gasteiger partial charge in [0.2, 0.25) is 5.91 Å². The van der Waals surface area contributed by atoms with Crippen molar-refractivity contribution >= 4 is 29.2 Å². The third kappa shape index (κ3) is 16.1. The van der Waals surface area contributed by atoms with Gasteiger partial charge in [-0.1, -0.05) is 24.3 Å². The molecular weight excluding hydrogens is 634 g/mol. The molecule has 1 amide bonds. The molecule has 47 heavy (non-hydrogen) atoms.